The van der Waals surface area contributed by atoms with Crippen LogP contribution in [0.3, 0.4) is 0 Å². The standard InChI is InChI=1S/C8H7BrN2O5S/c1-3(12)10-4-5(11(14)15)7(9)17-6(4)8(13)16-2/h1-2H3,(H,10,12). The summed E-state index contributed by atoms with van der Waals surface area (Å²) >= 11 is 3.80. The molecule has 0 atom stereocenters. The zero-order valence-corrected chi connectivity index (χ0v) is 11.2. The molecule has 0 saturated carbocycles. The van der Waals surface area contributed by atoms with Gasteiger partial charge in [-0.2, -0.15) is 0 Å². The van der Waals surface area contributed by atoms with E-state index in [0.717, 1.165) is 18.4 Å². The summed E-state index contributed by atoms with van der Waals surface area (Å²) in [4.78, 5) is 32.5. The van der Waals surface area contributed by atoms with Gasteiger partial charge in [-0.1, -0.05) is 0 Å². The predicted molar refractivity (Wildman–Crippen MR) is 64.3 cm³/mol. The van der Waals surface area contributed by atoms with Gasteiger partial charge in [0.05, 0.1) is 12.0 Å². The van der Waals surface area contributed by atoms with Crippen molar-refractivity contribution in [1.29, 1.82) is 0 Å². The summed E-state index contributed by atoms with van der Waals surface area (Å²) < 4.78 is 4.63. The van der Waals surface area contributed by atoms with E-state index < -0.39 is 16.8 Å². The first-order valence-electron chi connectivity index (χ1n) is 4.21. The van der Waals surface area contributed by atoms with Gasteiger partial charge in [-0.3, -0.25) is 14.9 Å². The summed E-state index contributed by atoms with van der Waals surface area (Å²) in [5.41, 5.74) is -0.503. The number of nitro groups is 1. The highest BCUT2D eigenvalue weighted by atomic mass is 79.9. The zero-order chi connectivity index (χ0) is 13.2. The van der Waals surface area contributed by atoms with E-state index in [1.54, 1.807) is 0 Å². The molecule has 17 heavy (non-hydrogen) atoms. The van der Waals surface area contributed by atoms with Crippen LogP contribution in [0.2, 0.25) is 0 Å². The van der Waals surface area contributed by atoms with Gasteiger partial charge in [0.2, 0.25) is 5.91 Å². The summed E-state index contributed by atoms with van der Waals surface area (Å²) in [6.45, 7) is 1.19. The first-order chi connectivity index (χ1) is 7.88. The molecule has 0 aliphatic heterocycles. The molecular formula is C8H7BrN2O5S. The minimum Gasteiger partial charge on any atom is -0.465 e. The number of esters is 1. The van der Waals surface area contributed by atoms with Crippen LogP contribution in [0, 0.1) is 10.1 Å². The van der Waals surface area contributed by atoms with Crippen LogP contribution in [0.25, 0.3) is 0 Å². The molecule has 0 aliphatic rings. The van der Waals surface area contributed by atoms with Crippen LogP contribution in [-0.2, 0) is 9.53 Å². The molecular weight excluding hydrogens is 316 g/mol. The Morgan fingerprint density at radius 3 is 2.53 bits per heavy atom. The maximum atomic E-state index is 11.4. The van der Waals surface area contributed by atoms with E-state index in [1.165, 1.54) is 6.92 Å². The molecule has 1 aromatic rings. The minimum atomic E-state index is -0.743. The number of hydrogen-bond donors (Lipinski definition) is 1. The molecule has 0 unspecified atom stereocenters. The molecule has 1 N–H and O–H groups in total. The average Bonchev–Trinajstić information content (AvgIpc) is 2.53. The molecule has 1 rings (SSSR count). The second-order valence-electron chi connectivity index (χ2n) is 2.86. The number of nitrogens with zero attached hydrogens (tertiary/aromatic N) is 1. The van der Waals surface area contributed by atoms with Crippen molar-refractivity contribution in [2.45, 2.75) is 6.92 Å². The topological polar surface area (TPSA) is 98.5 Å². The Kier molecular flexibility index (Phi) is 4.18. The Labute approximate surface area is 108 Å². The number of ether oxygens (including phenoxy) is 1. The van der Waals surface area contributed by atoms with E-state index in [0.29, 0.717) is 0 Å². The molecule has 7 nitrogen and oxygen atoms in total. The van der Waals surface area contributed by atoms with Gasteiger partial charge in [0, 0.05) is 6.92 Å². The van der Waals surface area contributed by atoms with Crippen molar-refractivity contribution in [1.82, 2.24) is 0 Å². The molecule has 0 radical (unpaired) electrons. The smallest absolute Gasteiger partial charge is 0.350 e. The fourth-order valence-electron chi connectivity index (χ4n) is 1.09. The second kappa shape index (κ2) is 5.23. The lowest BCUT2D eigenvalue weighted by Crippen LogP contribution is -2.11. The first kappa shape index (κ1) is 13.6. The van der Waals surface area contributed by atoms with Crippen molar-refractivity contribution in [3.05, 3.63) is 18.8 Å². The highest BCUT2D eigenvalue weighted by molar-refractivity contribution is 9.11. The lowest BCUT2D eigenvalue weighted by atomic mass is 10.3. The third-order valence-corrected chi connectivity index (χ3v) is 3.50. The second-order valence-corrected chi connectivity index (χ2v) is 5.20. The van der Waals surface area contributed by atoms with Gasteiger partial charge in [0.15, 0.2) is 3.79 Å². The number of nitrogens with one attached hydrogen (secondary N) is 1. The van der Waals surface area contributed by atoms with Gasteiger partial charge in [0.25, 0.3) is 0 Å². The minimum absolute atomic E-state index is 0.0266. The van der Waals surface area contributed by atoms with Gasteiger partial charge >= 0.3 is 11.7 Å². The molecule has 0 bridgehead atoms. The summed E-state index contributed by atoms with van der Waals surface area (Å²) in [5, 5.41) is 13.1. The molecule has 92 valence electrons. The molecule has 0 fully saturated rings. The van der Waals surface area contributed by atoms with Gasteiger partial charge in [-0.05, 0) is 15.9 Å². The van der Waals surface area contributed by atoms with Gasteiger partial charge < -0.3 is 10.1 Å². The maximum absolute atomic E-state index is 11.4. The van der Waals surface area contributed by atoms with Crippen LogP contribution in [0.5, 0.6) is 0 Å². The highest BCUT2D eigenvalue weighted by Crippen LogP contribution is 2.43. The molecule has 0 saturated heterocycles. The van der Waals surface area contributed by atoms with E-state index in [-0.39, 0.29) is 20.0 Å². The Balaban J connectivity index is 3.40. The summed E-state index contributed by atoms with van der Waals surface area (Å²) in [6, 6.07) is 0. The Hall–Kier alpha value is -1.48. The number of thiophene rings is 1. The molecule has 0 aliphatic carbocycles. The van der Waals surface area contributed by atoms with Gasteiger partial charge in [-0.25, -0.2) is 4.79 Å². The molecule has 0 aromatic carbocycles. The number of halogens is 1. The van der Waals surface area contributed by atoms with E-state index in [1.807, 2.05) is 0 Å². The average molecular weight is 323 g/mol. The molecule has 1 aromatic heterocycles. The quantitative estimate of drug-likeness (QED) is 0.522. The van der Waals surface area contributed by atoms with E-state index in [4.69, 9.17) is 0 Å². The fraction of sp³-hybridized carbons (Fsp3) is 0.250. The predicted octanol–water partition coefficient (Wildman–Crippen LogP) is 2.16. The van der Waals surface area contributed by atoms with Crippen LogP contribution < -0.4 is 5.32 Å². The summed E-state index contributed by atoms with van der Waals surface area (Å²) in [6.07, 6.45) is 0. The SMILES string of the molecule is COC(=O)c1sc(Br)c([N+](=O)[O-])c1NC(C)=O. The molecule has 9 heteroatoms. The number of hydrogen-bond acceptors (Lipinski definition) is 6. The number of methoxy groups -OCH3 is 1. The van der Waals surface area contributed by atoms with Crippen molar-refractivity contribution >= 4 is 50.5 Å². The third kappa shape index (κ3) is 2.80. The van der Waals surface area contributed by atoms with Crippen molar-refractivity contribution in [2.75, 3.05) is 12.4 Å². The Morgan fingerprint density at radius 1 is 1.53 bits per heavy atom. The van der Waals surface area contributed by atoms with E-state index >= 15 is 0 Å². The van der Waals surface area contributed by atoms with Crippen LogP contribution in [0.1, 0.15) is 16.6 Å². The van der Waals surface area contributed by atoms with Crippen LogP contribution in [-0.4, -0.2) is 23.9 Å². The number of amides is 1. The van der Waals surface area contributed by atoms with Gasteiger partial charge in [0.1, 0.15) is 10.6 Å². The van der Waals surface area contributed by atoms with Crippen molar-refractivity contribution < 1.29 is 19.2 Å². The Morgan fingerprint density at radius 2 is 2.12 bits per heavy atom. The normalized spacial score (nSPS) is 9.82. The number of carbonyl (C=O) groups excluding carboxylic acids is 2. The summed E-state index contributed by atoms with van der Waals surface area (Å²) in [5.74, 6) is -1.25. The monoisotopic (exact) mass is 322 g/mol. The molecule has 1 amide bonds. The zero-order valence-electron chi connectivity index (χ0n) is 8.77. The summed E-state index contributed by atoms with van der Waals surface area (Å²) in [7, 11) is 1.15. The Bertz CT molecular complexity index is 498. The maximum Gasteiger partial charge on any atom is 0.350 e. The van der Waals surface area contributed by atoms with E-state index in [9.17, 15) is 19.7 Å². The van der Waals surface area contributed by atoms with Crippen molar-refractivity contribution in [3.8, 4) is 0 Å². The van der Waals surface area contributed by atoms with Crippen molar-refractivity contribution in [3.63, 3.8) is 0 Å². The number of rotatable bonds is 3. The van der Waals surface area contributed by atoms with Gasteiger partial charge in [-0.15, -0.1) is 11.3 Å². The largest absolute Gasteiger partial charge is 0.465 e. The molecule has 0 spiro atoms. The van der Waals surface area contributed by atoms with Crippen LogP contribution in [0.4, 0.5) is 11.4 Å². The lowest BCUT2D eigenvalue weighted by molar-refractivity contribution is -0.384. The van der Waals surface area contributed by atoms with E-state index in [2.05, 4.69) is 26.0 Å². The number of carbonyl (C=O) groups is 2. The molecule has 1 heterocycles. The first-order valence-corrected chi connectivity index (χ1v) is 5.82. The van der Waals surface area contributed by atoms with Crippen LogP contribution >= 0.6 is 27.3 Å². The fourth-order valence-corrected chi connectivity index (χ4v) is 2.78. The lowest BCUT2D eigenvalue weighted by Gasteiger charge is -2.01. The highest BCUT2D eigenvalue weighted by Gasteiger charge is 2.30. The number of anilines is 1. The third-order valence-electron chi connectivity index (χ3n) is 1.70. The van der Waals surface area contributed by atoms with Crippen LogP contribution in [0.15, 0.2) is 3.79 Å². The van der Waals surface area contributed by atoms with Crippen molar-refractivity contribution in [2.24, 2.45) is 0 Å².